The first kappa shape index (κ1) is 15.2. The van der Waals surface area contributed by atoms with E-state index in [-0.39, 0.29) is 11.6 Å². The second-order valence-electron chi connectivity index (χ2n) is 6.23. The zero-order valence-corrected chi connectivity index (χ0v) is 12.9. The minimum Gasteiger partial charge on any atom is -0.373 e. The predicted octanol–water partition coefficient (Wildman–Crippen LogP) is 3.08. The molecular weight excluding hydrogens is 279 g/mol. The molecular formula is C18H23FN2O. The molecule has 2 fully saturated rings. The van der Waals surface area contributed by atoms with Crippen molar-refractivity contribution in [2.24, 2.45) is 0 Å². The van der Waals surface area contributed by atoms with E-state index in [0.717, 1.165) is 13.1 Å². The van der Waals surface area contributed by atoms with E-state index in [0.29, 0.717) is 11.6 Å². The normalized spacial score (nSPS) is 22.8. The summed E-state index contributed by atoms with van der Waals surface area (Å²) in [7, 11) is 0. The Morgan fingerprint density at radius 2 is 1.86 bits per heavy atom. The summed E-state index contributed by atoms with van der Waals surface area (Å²) in [6, 6.07) is 6.25. The van der Waals surface area contributed by atoms with Gasteiger partial charge in [0.05, 0.1) is 0 Å². The maximum atomic E-state index is 12.9. The fraction of sp³-hybridized carbons (Fsp3) is 0.500. The van der Waals surface area contributed by atoms with Gasteiger partial charge >= 0.3 is 0 Å². The first-order chi connectivity index (χ1) is 10.7. The molecule has 2 saturated heterocycles. The van der Waals surface area contributed by atoms with Gasteiger partial charge in [0.1, 0.15) is 5.82 Å². The Bertz CT molecular complexity index is 535. The number of carbonyl (C=O) groups excluding carboxylic acids is 1. The van der Waals surface area contributed by atoms with Gasteiger partial charge in [0.25, 0.3) is 0 Å². The Hall–Kier alpha value is -1.68. The van der Waals surface area contributed by atoms with Gasteiger partial charge in [0, 0.05) is 37.0 Å². The van der Waals surface area contributed by atoms with Crippen LogP contribution in [0, 0.1) is 5.82 Å². The Kier molecular flexibility index (Phi) is 4.88. The summed E-state index contributed by atoms with van der Waals surface area (Å²) in [6.07, 6.45) is 8.56. The zero-order chi connectivity index (χ0) is 15.4. The average Bonchev–Trinajstić information content (AvgIpc) is 3.18. The van der Waals surface area contributed by atoms with Crippen molar-refractivity contribution in [2.75, 3.05) is 26.2 Å². The molecule has 2 aliphatic heterocycles. The molecule has 1 aromatic carbocycles. The fourth-order valence-electron chi connectivity index (χ4n) is 3.39. The van der Waals surface area contributed by atoms with Crippen molar-refractivity contribution in [1.82, 2.24) is 9.80 Å². The fourth-order valence-corrected chi connectivity index (χ4v) is 3.39. The topological polar surface area (TPSA) is 23.6 Å². The highest BCUT2D eigenvalue weighted by atomic mass is 19.1. The lowest BCUT2D eigenvalue weighted by Crippen LogP contribution is -2.36. The number of ketones is 1. The van der Waals surface area contributed by atoms with Crippen LogP contribution in [0.1, 0.15) is 36.0 Å². The highest BCUT2D eigenvalue weighted by Crippen LogP contribution is 2.20. The maximum Gasteiger partial charge on any atom is 0.187 e. The van der Waals surface area contributed by atoms with Gasteiger partial charge in [-0.15, -0.1) is 0 Å². The van der Waals surface area contributed by atoms with Crippen LogP contribution >= 0.6 is 0 Å². The third kappa shape index (κ3) is 3.74. The minimum absolute atomic E-state index is 0.0631. The molecule has 4 heteroatoms. The number of hydrogen-bond donors (Lipinski definition) is 0. The van der Waals surface area contributed by atoms with Crippen molar-refractivity contribution >= 4 is 5.78 Å². The van der Waals surface area contributed by atoms with E-state index in [1.807, 2.05) is 6.20 Å². The van der Waals surface area contributed by atoms with Crippen LogP contribution in [0.25, 0.3) is 0 Å². The zero-order valence-electron chi connectivity index (χ0n) is 12.9. The van der Waals surface area contributed by atoms with Gasteiger partial charge in [-0.1, -0.05) is 0 Å². The molecule has 0 radical (unpaired) electrons. The predicted molar refractivity (Wildman–Crippen MR) is 85.3 cm³/mol. The van der Waals surface area contributed by atoms with Gasteiger partial charge in [-0.3, -0.25) is 4.79 Å². The van der Waals surface area contributed by atoms with Crippen LogP contribution in [0.15, 0.2) is 36.5 Å². The maximum absolute atomic E-state index is 12.9. The number of halogens is 1. The van der Waals surface area contributed by atoms with Crippen molar-refractivity contribution in [1.29, 1.82) is 0 Å². The lowest BCUT2D eigenvalue weighted by molar-refractivity contribution is 0.104. The van der Waals surface area contributed by atoms with Gasteiger partial charge in [-0.25, -0.2) is 4.39 Å². The Morgan fingerprint density at radius 3 is 2.59 bits per heavy atom. The highest BCUT2D eigenvalue weighted by Gasteiger charge is 2.25. The lowest BCUT2D eigenvalue weighted by Gasteiger charge is -2.27. The molecule has 0 aromatic heterocycles. The van der Waals surface area contributed by atoms with Gasteiger partial charge in [-0.05, 0) is 63.0 Å². The van der Waals surface area contributed by atoms with Gasteiger partial charge in [0.2, 0.25) is 0 Å². The molecule has 2 heterocycles. The summed E-state index contributed by atoms with van der Waals surface area (Å²) in [4.78, 5) is 16.9. The number of rotatable bonds is 5. The Balaban J connectivity index is 1.58. The molecule has 22 heavy (non-hydrogen) atoms. The molecule has 0 N–H and O–H groups in total. The second kappa shape index (κ2) is 7.05. The van der Waals surface area contributed by atoms with Gasteiger partial charge in [0.15, 0.2) is 5.78 Å². The van der Waals surface area contributed by atoms with E-state index in [9.17, 15) is 9.18 Å². The molecule has 0 amide bonds. The van der Waals surface area contributed by atoms with Crippen molar-refractivity contribution in [3.05, 3.63) is 47.9 Å². The Morgan fingerprint density at radius 1 is 1.14 bits per heavy atom. The SMILES string of the molecule is O=C(/C=C/N1CCC[C@H]1CN1CCCC1)c1ccc(F)cc1. The summed E-state index contributed by atoms with van der Waals surface area (Å²) in [5, 5.41) is 0. The number of hydrogen-bond acceptors (Lipinski definition) is 3. The molecule has 118 valence electrons. The molecule has 0 unspecified atom stereocenters. The number of likely N-dealkylation sites (tertiary alicyclic amines) is 2. The molecule has 0 aliphatic carbocycles. The van der Waals surface area contributed by atoms with Crippen LogP contribution in [-0.4, -0.2) is 47.8 Å². The van der Waals surface area contributed by atoms with E-state index in [1.165, 1.54) is 63.0 Å². The largest absolute Gasteiger partial charge is 0.373 e. The third-order valence-corrected chi connectivity index (χ3v) is 4.64. The molecule has 2 aliphatic rings. The van der Waals surface area contributed by atoms with Crippen molar-refractivity contribution in [3.8, 4) is 0 Å². The minimum atomic E-state index is -0.314. The first-order valence-corrected chi connectivity index (χ1v) is 8.18. The van der Waals surface area contributed by atoms with Crippen molar-refractivity contribution in [3.63, 3.8) is 0 Å². The van der Waals surface area contributed by atoms with E-state index < -0.39 is 0 Å². The summed E-state index contributed by atoms with van der Waals surface area (Å²) < 4.78 is 12.9. The average molecular weight is 302 g/mol. The van der Waals surface area contributed by atoms with Crippen LogP contribution in [0.2, 0.25) is 0 Å². The molecule has 3 rings (SSSR count). The number of nitrogens with zero attached hydrogens (tertiary/aromatic N) is 2. The van der Waals surface area contributed by atoms with E-state index in [4.69, 9.17) is 0 Å². The van der Waals surface area contributed by atoms with Crippen LogP contribution in [0.5, 0.6) is 0 Å². The number of carbonyl (C=O) groups is 1. The van der Waals surface area contributed by atoms with Gasteiger partial charge in [-0.2, -0.15) is 0 Å². The van der Waals surface area contributed by atoms with E-state index >= 15 is 0 Å². The summed E-state index contributed by atoms with van der Waals surface area (Å²) in [6.45, 7) is 4.55. The van der Waals surface area contributed by atoms with Crippen molar-refractivity contribution in [2.45, 2.75) is 31.7 Å². The molecule has 3 nitrogen and oxygen atoms in total. The summed E-state index contributed by atoms with van der Waals surface area (Å²) in [5.41, 5.74) is 0.535. The van der Waals surface area contributed by atoms with Gasteiger partial charge < -0.3 is 9.80 Å². The van der Waals surface area contributed by atoms with Crippen LogP contribution in [-0.2, 0) is 0 Å². The lowest BCUT2D eigenvalue weighted by atomic mass is 10.1. The van der Waals surface area contributed by atoms with Crippen LogP contribution in [0.4, 0.5) is 4.39 Å². The van der Waals surface area contributed by atoms with Crippen molar-refractivity contribution < 1.29 is 9.18 Å². The monoisotopic (exact) mass is 302 g/mol. The molecule has 0 saturated carbocycles. The van der Waals surface area contributed by atoms with Crippen LogP contribution < -0.4 is 0 Å². The molecule has 1 aromatic rings. The third-order valence-electron chi connectivity index (χ3n) is 4.64. The summed E-state index contributed by atoms with van der Waals surface area (Å²) in [5.74, 6) is -0.377. The molecule has 0 bridgehead atoms. The second-order valence-corrected chi connectivity index (χ2v) is 6.23. The standard InChI is InChI=1S/C18H23FN2O/c19-16-7-5-15(6-8-16)18(22)9-13-21-12-3-4-17(21)14-20-10-1-2-11-20/h5-9,13,17H,1-4,10-12,14H2/b13-9+/t17-/m0/s1. The smallest absolute Gasteiger partial charge is 0.187 e. The Labute approximate surface area is 131 Å². The first-order valence-electron chi connectivity index (χ1n) is 8.18. The number of allylic oxidation sites excluding steroid dienone is 1. The van der Waals surface area contributed by atoms with Crippen LogP contribution in [0.3, 0.4) is 0 Å². The molecule has 1 atom stereocenters. The molecule has 0 spiro atoms. The summed E-state index contributed by atoms with van der Waals surface area (Å²) >= 11 is 0. The van der Waals surface area contributed by atoms with E-state index in [2.05, 4.69) is 9.80 Å². The number of benzene rings is 1. The highest BCUT2D eigenvalue weighted by molar-refractivity contribution is 6.04. The van der Waals surface area contributed by atoms with E-state index in [1.54, 1.807) is 6.08 Å². The quantitative estimate of drug-likeness (QED) is 0.617.